The molecular formula is C18H24Cl2N2O2. The number of halogens is 2. The van der Waals surface area contributed by atoms with Crippen molar-refractivity contribution in [2.75, 3.05) is 39.4 Å². The molecule has 132 valence electrons. The number of hydrogen-bond donors (Lipinski definition) is 0. The minimum Gasteiger partial charge on any atom is -0.378 e. The molecule has 1 amide bonds. The summed E-state index contributed by atoms with van der Waals surface area (Å²) in [5.41, 5.74) is 1.11. The molecule has 2 fully saturated rings. The van der Waals surface area contributed by atoms with Crippen LogP contribution in [0.25, 0.3) is 0 Å². The molecule has 0 bridgehead atoms. The molecule has 2 saturated heterocycles. The van der Waals surface area contributed by atoms with Gasteiger partial charge in [0.25, 0.3) is 0 Å². The molecule has 0 saturated carbocycles. The zero-order valence-corrected chi connectivity index (χ0v) is 15.4. The quantitative estimate of drug-likeness (QED) is 0.813. The number of nitrogens with zero attached hydrogens (tertiary/aromatic N) is 2. The molecule has 0 unspecified atom stereocenters. The van der Waals surface area contributed by atoms with Crippen molar-refractivity contribution in [2.45, 2.75) is 25.8 Å². The maximum Gasteiger partial charge on any atom is 0.223 e. The number of piperidine rings is 1. The fourth-order valence-corrected chi connectivity index (χ4v) is 3.90. The third kappa shape index (κ3) is 4.85. The Balaban J connectivity index is 1.44. The molecule has 0 spiro atoms. The van der Waals surface area contributed by atoms with Gasteiger partial charge in [0.1, 0.15) is 0 Å². The van der Waals surface area contributed by atoms with Crippen LogP contribution < -0.4 is 0 Å². The first-order valence-electron chi connectivity index (χ1n) is 8.63. The van der Waals surface area contributed by atoms with Gasteiger partial charge in [0.2, 0.25) is 5.91 Å². The van der Waals surface area contributed by atoms with Gasteiger partial charge in [-0.05, 0) is 49.5 Å². The van der Waals surface area contributed by atoms with Gasteiger partial charge in [-0.2, -0.15) is 0 Å². The first kappa shape index (κ1) is 18.0. The van der Waals surface area contributed by atoms with E-state index in [0.717, 1.165) is 56.2 Å². The summed E-state index contributed by atoms with van der Waals surface area (Å²) in [5, 5.41) is 1.40. The van der Waals surface area contributed by atoms with E-state index in [1.165, 1.54) is 0 Å². The summed E-state index contributed by atoms with van der Waals surface area (Å²) in [4.78, 5) is 16.7. The molecular weight excluding hydrogens is 347 g/mol. The predicted octanol–water partition coefficient (Wildman–Crippen LogP) is 3.45. The number of amides is 1. The molecule has 1 aromatic carbocycles. The Bertz CT molecular complexity index is 568. The molecule has 1 aromatic rings. The van der Waals surface area contributed by atoms with Crippen molar-refractivity contribution in [2.24, 2.45) is 5.92 Å². The second-order valence-corrected chi connectivity index (χ2v) is 7.50. The van der Waals surface area contributed by atoms with E-state index in [0.29, 0.717) is 30.6 Å². The molecule has 2 aliphatic rings. The molecule has 2 aliphatic heterocycles. The molecule has 4 nitrogen and oxygen atoms in total. The normalized spacial score (nSPS) is 20.3. The molecule has 0 radical (unpaired) electrons. The van der Waals surface area contributed by atoms with Crippen LogP contribution in [0, 0.1) is 5.92 Å². The molecule has 0 atom stereocenters. The lowest BCUT2D eigenvalue weighted by Crippen LogP contribution is -2.42. The molecule has 0 N–H and O–H groups in total. The number of ether oxygens (including phenoxy) is 1. The first-order valence-corrected chi connectivity index (χ1v) is 9.39. The van der Waals surface area contributed by atoms with Gasteiger partial charge >= 0.3 is 0 Å². The molecule has 3 rings (SSSR count). The van der Waals surface area contributed by atoms with Crippen molar-refractivity contribution < 1.29 is 9.53 Å². The second-order valence-electron chi connectivity index (χ2n) is 6.65. The third-order valence-corrected chi connectivity index (χ3v) is 5.53. The average molecular weight is 371 g/mol. The summed E-state index contributed by atoms with van der Waals surface area (Å²) in [5.74, 6) is 0.787. The zero-order valence-electron chi connectivity index (χ0n) is 13.8. The summed E-state index contributed by atoms with van der Waals surface area (Å²) in [6.07, 6.45) is 2.82. The lowest BCUT2D eigenvalue weighted by atomic mass is 9.92. The zero-order chi connectivity index (χ0) is 16.9. The van der Waals surface area contributed by atoms with Crippen LogP contribution in [0.1, 0.15) is 24.8 Å². The highest BCUT2D eigenvalue weighted by Gasteiger charge is 2.25. The highest BCUT2D eigenvalue weighted by Crippen LogP contribution is 2.26. The van der Waals surface area contributed by atoms with Gasteiger partial charge in [-0.15, -0.1) is 0 Å². The maximum absolute atomic E-state index is 12.3. The van der Waals surface area contributed by atoms with Crippen molar-refractivity contribution in [1.82, 2.24) is 9.80 Å². The number of carbonyl (C=O) groups excluding carboxylic acids is 1. The lowest BCUT2D eigenvalue weighted by molar-refractivity contribution is -0.136. The predicted molar refractivity (Wildman–Crippen MR) is 96.5 cm³/mol. The van der Waals surface area contributed by atoms with Gasteiger partial charge < -0.3 is 9.64 Å². The second kappa shape index (κ2) is 8.52. The van der Waals surface area contributed by atoms with Crippen molar-refractivity contribution in [1.29, 1.82) is 0 Å². The number of carbonyl (C=O) groups is 1. The molecule has 24 heavy (non-hydrogen) atoms. The van der Waals surface area contributed by atoms with Crippen LogP contribution in [0.15, 0.2) is 18.2 Å². The number of hydrogen-bond acceptors (Lipinski definition) is 3. The highest BCUT2D eigenvalue weighted by molar-refractivity contribution is 6.35. The van der Waals surface area contributed by atoms with Crippen molar-refractivity contribution >= 4 is 29.1 Å². The van der Waals surface area contributed by atoms with Gasteiger partial charge in [0.15, 0.2) is 0 Å². The van der Waals surface area contributed by atoms with E-state index in [4.69, 9.17) is 27.9 Å². The fraction of sp³-hybridized carbons (Fsp3) is 0.611. The standard InChI is InChI=1S/C18H24Cl2N2O2/c19-16-2-1-15(17(20)12-16)13-21-5-3-14(4-6-21)11-18(23)22-7-9-24-10-8-22/h1-2,12,14H,3-11,13H2. The monoisotopic (exact) mass is 370 g/mol. The number of morpholine rings is 1. The highest BCUT2D eigenvalue weighted by atomic mass is 35.5. The molecule has 0 aliphatic carbocycles. The topological polar surface area (TPSA) is 32.8 Å². The number of rotatable bonds is 4. The summed E-state index contributed by atoms with van der Waals surface area (Å²) in [7, 11) is 0. The van der Waals surface area contributed by atoms with E-state index in [1.807, 2.05) is 17.0 Å². The fourth-order valence-electron chi connectivity index (χ4n) is 3.43. The van der Waals surface area contributed by atoms with Crippen molar-refractivity contribution in [3.63, 3.8) is 0 Å². The molecule has 6 heteroatoms. The Hall–Kier alpha value is -0.810. The minimum atomic E-state index is 0.289. The maximum atomic E-state index is 12.3. The largest absolute Gasteiger partial charge is 0.378 e. The van der Waals surface area contributed by atoms with Crippen LogP contribution in [0.2, 0.25) is 10.0 Å². The van der Waals surface area contributed by atoms with Gasteiger partial charge in [0, 0.05) is 36.1 Å². The lowest BCUT2D eigenvalue weighted by Gasteiger charge is -2.33. The van der Waals surface area contributed by atoms with Gasteiger partial charge in [-0.1, -0.05) is 29.3 Å². The van der Waals surface area contributed by atoms with Crippen LogP contribution in [-0.4, -0.2) is 55.1 Å². The molecule has 2 heterocycles. The van der Waals surface area contributed by atoms with Crippen molar-refractivity contribution in [3.05, 3.63) is 33.8 Å². The van der Waals surface area contributed by atoms with Gasteiger partial charge in [0.05, 0.1) is 13.2 Å². The van der Waals surface area contributed by atoms with Crippen LogP contribution in [0.3, 0.4) is 0 Å². The Morgan fingerprint density at radius 2 is 1.83 bits per heavy atom. The van der Waals surface area contributed by atoms with Gasteiger partial charge in [-0.3, -0.25) is 9.69 Å². The number of benzene rings is 1. The van der Waals surface area contributed by atoms with E-state index < -0.39 is 0 Å². The van der Waals surface area contributed by atoms with Crippen LogP contribution >= 0.6 is 23.2 Å². The van der Waals surface area contributed by atoms with Crippen LogP contribution in [0.4, 0.5) is 0 Å². The van der Waals surface area contributed by atoms with Crippen molar-refractivity contribution in [3.8, 4) is 0 Å². The summed E-state index contributed by atoms with van der Waals surface area (Å²) in [6, 6.07) is 5.68. The first-order chi connectivity index (χ1) is 11.6. The Morgan fingerprint density at radius 3 is 2.50 bits per heavy atom. The Labute approximate surface area is 153 Å². The van der Waals surface area contributed by atoms with Crippen LogP contribution in [-0.2, 0) is 16.1 Å². The van der Waals surface area contributed by atoms with E-state index in [9.17, 15) is 4.79 Å². The van der Waals surface area contributed by atoms with Crippen LogP contribution in [0.5, 0.6) is 0 Å². The Morgan fingerprint density at radius 1 is 1.12 bits per heavy atom. The smallest absolute Gasteiger partial charge is 0.223 e. The number of likely N-dealkylation sites (tertiary alicyclic amines) is 1. The average Bonchev–Trinajstić information content (AvgIpc) is 2.60. The third-order valence-electron chi connectivity index (χ3n) is 4.94. The Kier molecular flexibility index (Phi) is 6.39. The summed E-state index contributed by atoms with van der Waals surface area (Å²) < 4.78 is 5.31. The summed E-state index contributed by atoms with van der Waals surface area (Å²) >= 11 is 12.2. The summed E-state index contributed by atoms with van der Waals surface area (Å²) in [6.45, 7) is 5.71. The molecule has 0 aromatic heterocycles. The van der Waals surface area contributed by atoms with Gasteiger partial charge in [-0.25, -0.2) is 0 Å². The van der Waals surface area contributed by atoms with E-state index in [2.05, 4.69) is 4.90 Å². The van der Waals surface area contributed by atoms with E-state index >= 15 is 0 Å². The SMILES string of the molecule is O=C(CC1CCN(Cc2ccc(Cl)cc2Cl)CC1)N1CCOCC1. The van der Waals surface area contributed by atoms with E-state index in [1.54, 1.807) is 6.07 Å². The van der Waals surface area contributed by atoms with E-state index in [-0.39, 0.29) is 5.91 Å². The minimum absolute atomic E-state index is 0.289.